The number of nitrogens with two attached hydrogens (primary N) is 1. The van der Waals surface area contributed by atoms with Gasteiger partial charge in [0.15, 0.2) is 0 Å². The lowest BCUT2D eigenvalue weighted by Gasteiger charge is -2.18. The third-order valence-corrected chi connectivity index (χ3v) is 2.12. The van der Waals surface area contributed by atoms with Gasteiger partial charge < -0.3 is 5.73 Å². The van der Waals surface area contributed by atoms with Gasteiger partial charge in [-0.05, 0) is 12.5 Å². The van der Waals surface area contributed by atoms with Crippen LogP contribution in [0.2, 0.25) is 0 Å². The molecule has 0 saturated carbocycles. The molecule has 0 radical (unpaired) electrons. The average molecular weight is 152 g/mol. The first-order chi connectivity index (χ1) is 5.38. The zero-order valence-corrected chi connectivity index (χ0v) is 7.09. The van der Waals surface area contributed by atoms with Gasteiger partial charge in [-0.1, -0.05) is 18.9 Å². The molecule has 1 heterocycles. The van der Waals surface area contributed by atoms with E-state index in [0.29, 0.717) is 12.5 Å². The molecule has 0 spiro atoms. The van der Waals surface area contributed by atoms with E-state index in [4.69, 9.17) is 5.73 Å². The molecule has 2 nitrogen and oxygen atoms in total. The van der Waals surface area contributed by atoms with Crippen molar-refractivity contribution in [1.82, 2.24) is 0 Å². The monoisotopic (exact) mass is 152 g/mol. The second-order valence-electron chi connectivity index (χ2n) is 2.95. The van der Waals surface area contributed by atoms with Crippen LogP contribution < -0.4 is 5.73 Å². The van der Waals surface area contributed by atoms with Crippen LogP contribution in [0.4, 0.5) is 0 Å². The Morgan fingerprint density at radius 2 is 2.55 bits per heavy atom. The molecule has 62 valence electrons. The molecule has 2 heteroatoms. The van der Waals surface area contributed by atoms with Crippen molar-refractivity contribution in [2.45, 2.75) is 19.8 Å². The van der Waals surface area contributed by atoms with E-state index in [0.717, 1.165) is 6.54 Å². The fraction of sp³-hybridized carbons (Fsp3) is 0.667. The molecule has 0 aromatic heterocycles. The van der Waals surface area contributed by atoms with Crippen LogP contribution in [0, 0.1) is 5.92 Å². The highest BCUT2D eigenvalue weighted by atomic mass is 14.7. The number of hydrogen-bond donors (Lipinski definition) is 1. The summed E-state index contributed by atoms with van der Waals surface area (Å²) in [6, 6.07) is 0. The second-order valence-corrected chi connectivity index (χ2v) is 2.95. The molecule has 0 fully saturated rings. The van der Waals surface area contributed by atoms with Crippen molar-refractivity contribution in [2.24, 2.45) is 16.6 Å². The summed E-state index contributed by atoms with van der Waals surface area (Å²) >= 11 is 0. The van der Waals surface area contributed by atoms with Gasteiger partial charge in [0.2, 0.25) is 0 Å². The average Bonchev–Trinajstić information content (AvgIpc) is 2.06. The van der Waals surface area contributed by atoms with Crippen molar-refractivity contribution < 1.29 is 0 Å². The van der Waals surface area contributed by atoms with E-state index in [1.807, 2.05) is 6.21 Å². The molecule has 2 N–H and O–H groups in total. The molecule has 0 saturated heterocycles. The van der Waals surface area contributed by atoms with Gasteiger partial charge in [-0.2, -0.15) is 0 Å². The minimum Gasteiger partial charge on any atom is -0.327 e. The highest BCUT2D eigenvalue weighted by Gasteiger charge is 2.12. The maximum atomic E-state index is 5.59. The zero-order chi connectivity index (χ0) is 8.10. The standard InChI is InChI=1S/C9H16N2/c1-2-3-9-7-11-5-4-8(9)6-10/h4-5,9H,2-3,6-7,10H2,1H3. The van der Waals surface area contributed by atoms with Gasteiger partial charge in [0.05, 0.1) is 0 Å². The van der Waals surface area contributed by atoms with E-state index in [-0.39, 0.29) is 0 Å². The molecule has 1 aliphatic rings. The maximum Gasteiger partial charge on any atom is 0.0455 e. The van der Waals surface area contributed by atoms with Crippen molar-refractivity contribution in [3.8, 4) is 0 Å². The molecule has 11 heavy (non-hydrogen) atoms. The summed E-state index contributed by atoms with van der Waals surface area (Å²) in [5, 5.41) is 0. The summed E-state index contributed by atoms with van der Waals surface area (Å²) in [7, 11) is 0. The molecule has 1 atom stereocenters. The lowest BCUT2D eigenvalue weighted by molar-refractivity contribution is 0.551. The Bertz CT molecular complexity index is 170. The molecular weight excluding hydrogens is 136 g/mol. The SMILES string of the molecule is CCCC1CN=CC=C1CN. The van der Waals surface area contributed by atoms with E-state index in [2.05, 4.69) is 18.0 Å². The molecule has 1 unspecified atom stereocenters. The Morgan fingerprint density at radius 1 is 1.73 bits per heavy atom. The molecule has 1 rings (SSSR count). The fourth-order valence-electron chi connectivity index (χ4n) is 1.45. The van der Waals surface area contributed by atoms with Gasteiger partial charge >= 0.3 is 0 Å². The summed E-state index contributed by atoms with van der Waals surface area (Å²) in [6.45, 7) is 3.83. The molecule has 0 aromatic carbocycles. The van der Waals surface area contributed by atoms with E-state index in [1.54, 1.807) is 0 Å². The lowest BCUT2D eigenvalue weighted by Crippen LogP contribution is -2.18. The summed E-state index contributed by atoms with van der Waals surface area (Å²) in [4.78, 5) is 4.22. The van der Waals surface area contributed by atoms with E-state index < -0.39 is 0 Å². The van der Waals surface area contributed by atoms with Crippen LogP contribution in [0.5, 0.6) is 0 Å². The first kappa shape index (κ1) is 8.47. The van der Waals surface area contributed by atoms with Crippen LogP contribution in [0.25, 0.3) is 0 Å². The van der Waals surface area contributed by atoms with Crippen molar-refractivity contribution in [1.29, 1.82) is 0 Å². The smallest absolute Gasteiger partial charge is 0.0455 e. The first-order valence-corrected chi connectivity index (χ1v) is 4.27. The van der Waals surface area contributed by atoms with Crippen LogP contribution >= 0.6 is 0 Å². The van der Waals surface area contributed by atoms with Crippen LogP contribution in [0.3, 0.4) is 0 Å². The Balaban J connectivity index is 2.52. The molecular formula is C9H16N2. The van der Waals surface area contributed by atoms with Crippen LogP contribution in [-0.4, -0.2) is 19.3 Å². The Labute approximate surface area is 68.2 Å². The summed E-state index contributed by atoms with van der Waals surface area (Å²) in [5.41, 5.74) is 6.96. The zero-order valence-electron chi connectivity index (χ0n) is 7.09. The van der Waals surface area contributed by atoms with Gasteiger partial charge in [-0.15, -0.1) is 0 Å². The normalized spacial score (nSPS) is 23.5. The Hall–Kier alpha value is -0.630. The fourth-order valence-corrected chi connectivity index (χ4v) is 1.45. The summed E-state index contributed by atoms with van der Waals surface area (Å²) in [6.07, 6.45) is 6.37. The molecule has 0 aromatic rings. The predicted molar refractivity (Wildman–Crippen MR) is 48.9 cm³/mol. The van der Waals surface area contributed by atoms with E-state index in [9.17, 15) is 0 Å². The Morgan fingerprint density at radius 3 is 3.18 bits per heavy atom. The van der Waals surface area contributed by atoms with Crippen molar-refractivity contribution in [3.05, 3.63) is 11.6 Å². The number of hydrogen-bond acceptors (Lipinski definition) is 2. The summed E-state index contributed by atoms with van der Waals surface area (Å²) in [5.74, 6) is 0.620. The molecule has 0 bridgehead atoms. The third kappa shape index (κ3) is 2.15. The quantitative estimate of drug-likeness (QED) is 0.651. The highest BCUT2D eigenvalue weighted by Crippen LogP contribution is 2.18. The van der Waals surface area contributed by atoms with Gasteiger partial charge in [0.25, 0.3) is 0 Å². The van der Waals surface area contributed by atoms with Gasteiger partial charge in [0.1, 0.15) is 0 Å². The number of dihydropyridines is 1. The summed E-state index contributed by atoms with van der Waals surface area (Å²) < 4.78 is 0. The number of allylic oxidation sites excluding steroid dienone is 1. The van der Waals surface area contributed by atoms with Gasteiger partial charge in [0, 0.05) is 25.2 Å². The Kier molecular flexibility index (Phi) is 3.30. The maximum absolute atomic E-state index is 5.59. The predicted octanol–water partition coefficient (Wildman–Crippen LogP) is 1.37. The second kappa shape index (κ2) is 4.29. The van der Waals surface area contributed by atoms with Gasteiger partial charge in [-0.25, -0.2) is 0 Å². The van der Waals surface area contributed by atoms with E-state index in [1.165, 1.54) is 18.4 Å². The van der Waals surface area contributed by atoms with Gasteiger partial charge in [-0.3, -0.25) is 4.99 Å². The minimum atomic E-state index is 0.620. The molecule has 1 aliphatic heterocycles. The number of aliphatic imine (C=N–C) groups is 1. The number of rotatable bonds is 3. The van der Waals surface area contributed by atoms with Crippen LogP contribution in [0.1, 0.15) is 19.8 Å². The molecule has 0 amide bonds. The largest absolute Gasteiger partial charge is 0.327 e. The number of nitrogens with zero attached hydrogens (tertiary/aromatic N) is 1. The van der Waals surface area contributed by atoms with Crippen molar-refractivity contribution in [3.63, 3.8) is 0 Å². The van der Waals surface area contributed by atoms with Crippen molar-refractivity contribution >= 4 is 6.21 Å². The minimum absolute atomic E-state index is 0.620. The topological polar surface area (TPSA) is 38.4 Å². The lowest BCUT2D eigenvalue weighted by atomic mass is 9.93. The van der Waals surface area contributed by atoms with Crippen LogP contribution in [0.15, 0.2) is 16.6 Å². The van der Waals surface area contributed by atoms with E-state index >= 15 is 0 Å². The van der Waals surface area contributed by atoms with Crippen molar-refractivity contribution in [2.75, 3.05) is 13.1 Å². The molecule has 0 aliphatic carbocycles. The highest BCUT2D eigenvalue weighted by molar-refractivity contribution is 5.73. The first-order valence-electron chi connectivity index (χ1n) is 4.27. The van der Waals surface area contributed by atoms with Crippen LogP contribution in [-0.2, 0) is 0 Å². The third-order valence-electron chi connectivity index (χ3n) is 2.12.